The molecule has 5 aromatic rings. The number of carbonyl (C=O) groups excluding carboxylic acids is 2. The molecule has 10 nitrogen and oxygen atoms in total. The van der Waals surface area contributed by atoms with Gasteiger partial charge in [-0.15, -0.1) is 11.3 Å². The Labute approximate surface area is 242 Å². The van der Waals surface area contributed by atoms with Crippen LogP contribution in [0, 0.1) is 6.92 Å². The average Bonchev–Trinajstić information content (AvgIpc) is 3.61. The zero-order valence-corrected chi connectivity index (χ0v) is 23.9. The molecule has 0 atom stereocenters. The molecular formula is C25H19BrClF2N7O3S. The van der Waals surface area contributed by atoms with Crippen LogP contribution in [0.1, 0.15) is 38.0 Å². The van der Waals surface area contributed by atoms with Gasteiger partial charge in [0.05, 0.1) is 16.4 Å². The van der Waals surface area contributed by atoms with Gasteiger partial charge in [-0.05, 0) is 58.7 Å². The van der Waals surface area contributed by atoms with Crippen LogP contribution in [0.15, 0.2) is 47.2 Å². The van der Waals surface area contributed by atoms with Crippen LogP contribution in [-0.2, 0) is 13.8 Å². The summed E-state index contributed by atoms with van der Waals surface area (Å²) < 4.78 is 36.8. The fourth-order valence-corrected chi connectivity index (χ4v) is 5.77. The lowest BCUT2D eigenvalue weighted by Gasteiger charge is -2.10. The van der Waals surface area contributed by atoms with Gasteiger partial charge in [0, 0.05) is 34.9 Å². The highest BCUT2D eigenvalue weighted by molar-refractivity contribution is 9.10. The summed E-state index contributed by atoms with van der Waals surface area (Å²) in [6.45, 7) is 1.76. The van der Waals surface area contributed by atoms with Crippen molar-refractivity contribution in [2.75, 3.05) is 5.32 Å². The molecule has 15 heteroatoms. The van der Waals surface area contributed by atoms with Gasteiger partial charge in [0.25, 0.3) is 18.2 Å². The van der Waals surface area contributed by atoms with E-state index in [1.54, 1.807) is 43.0 Å². The molecule has 4 heterocycles. The number of pyridine rings is 1. The van der Waals surface area contributed by atoms with Crippen molar-refractivity contribution in [3.8, 4) is 16.9 Å². The van der Waals surface area contributed by atoms with Gasteiger partial charge in [0.15, 0.2) is 12.4 Å². The minimum absolute atomic E-state index is 0.00775. The molecule has 0 bridgehead atoms. The third-order valence-corrected chi connectivity index (χ3v) is 7.97. The van der Waals surface area contributed by atoms with Crippen LogP contribution in [0.5, 0.6) is 5.75 Å². The van der Waals surface area contributed by atoms with Crippen LogP contribution in [0.3, 0.4) is 0 Å². The zero-order chi connectivity index (χ0) is 28.7. The Hall–Kier alpha value is -3.88. The standard InChI is InChI=1S/C25H19BrClF2N7O3S/c1-11-14(9-31-35(11)2)13-8-17(22(28)29)32-25-19(13)20(21(40-25)23(30)37)33-24(38)16-5-6-36(34-16)10-39-18-4-3-12(27)7-15(18)26/h3-9,22H,10H2,1-2H3,(H2,30,37)(H,33,38). The number of aryl methyl sites for hydroxylation is 1. The third kappa shape index (κ3) is 5.29. The molecule has 206 valence electrons. The number of rotatable bonds is 8. The van der Waals surface area contributed by atoms with Gasteiger partial charge in [-0.2, -0.15) is 10.2 Å². The number of anilines is 1. The van der Waals surface area contributed by atoms with E-state index in [0.717, 1.165) is 11.3 Å². The van der Waals surface area contributed by atoms with Crippen LogP contribution in [0.4, 0.5) is 14.5 Å². The van der Waals surface area contributed by atoms with Gasteiger partial charge in [-0.3, -0.25) is 14.3 Å². The molecule has 0 radical (unpaired) electrons. The van der Waals surface area contributed by atoms with Gasteiger partial charge in [-0.25, -0.2) is 18.4 Å². The predicted molar refractivity (Wildman–Crippen MR) is 150 cm³/mol. The van der Waals surface area contributed by atoms with E-state index >= 15 is 0 Å². The minimum Gasteiger partial charge on any atom is -0.470 e. The molecular weight excluding hydrogens is 632 g/mol. The number of hydrogen-bond donors (Lipinski definition) is 2. The van der Waals surface area contributed by atoms with Crippen molar-refractivity contribution >= 4 is 66.6 Å². The lowest BCUT2D eigenvalue weighted by atomic mass is 10.0. The van der Waals surface area contributed by atoms with Crippen molar-refractivity contribution < 1.29 is 23.1 Å². The molecule has 0 saturated carbocycles. The molecule has 5 rings (SSSR count). The number of nitrogens with zero attached hydrogens (tertiary/aromatic N) is 5. The van der Waals surface area contributed by atoms with Crippen LogP contribution in [0.2, 0.25) is 5.02 Å². The van der Waals surface area contributed by atoms with Crippen molar-refractivity contribution in [3.63, 3.8) is 0 Å². The summed E-state index contributed by atoms with van der Waals surface area (Å²) in [5.41, 5.74) is 6.76. The number of nitrogens with two attached hydrogens (primary N) is 1. The monoisotopic (exact) mass is 649 g/mol. The maximum Gasteiger partial charge on any atom is 0.280 e. The van der Waals surface area contributed by atoms with E-state index in [0.29, 0.717) is 37.5 Å². The maximum absolute atomic E-state index is 13.7. The van der Waals surface area contributed by atoms with E-state index < -0.39 is 23.9 Å². The first-order valence-electron chi connectivity index (χ1n) is 11.5. The molecule has 40 heavy (non-hydrogen) atoms. The predicted octanol–water partition coefficient (Wildman–Crippen LogP) is 5.94. The van der Waals surface area contributed by atoms with Gasteiger partial charge in [0.1, 0.15) is 21.2 Å². The Bertz CT molecular complexity index is 1790. The Morgan fingerprint density at radius 3 is 2.67 bits per heavy atom. The van der Waals surface area contributed by atoms with E-state index in [1.807, 2.05) is 0 Å². The quantitative estimate of drug-likeness (QED) is 0.214. The van der Waals surface area contributed by atoms with Gasteiger partial charge in [0.2, 0.25) is 0 Å². The Kier molecular flexibility index (Phi) is 7.57. The lowest BCUT2D eigenvalue weighted by molar-refractivity contribution is 0.100. The average molecular weight is 651 g/mol. The number of fused-ring (bicyclic) bond motifs is 1. The second-order valence-electron chi connectivity index (χ2n) is 8.56. The highest BCUT2D eigenvalue weighted by atomic mass is 79.9. The fraction of sp³-hybridized carbons (Fsp3) is 0.160. The molecule has 0 aliphatic carbocycles. The van der Waals surface area contributed by atoms with Crippen molar-refractivity contribution in [3.05, 3.63) is 74.2 Å². The topological polar surface area (TPSA) is 130 Å². The van der Waals surface area contributed by atoms with Crippen molar-refractivity contribution in [1.29, 1.82) is 0 Å². The van der Waals surface area contributed by atoms with Crippen molar-refractivity contribution in [2.24, 2.45) is 12.8 Å². The summed E-state index contributed by atoms with van der Waals surface area (Å²) >= 11 is 10.1. The Morgan fingerprint density at radius 2 is 2.02 bits per heavy atom. The normalized spacial score (nSPS) is 11.4. The number of hydrogen-bond acceptors (Lipinski definition) is 7. The maximum atomic E-state index is 13.7. The van der Waals surface area contributed by atoms with Gasteiger partial charge < -0.3 is 15.8 Å². The first-order chi connectivity index (χ1) is 19.0. The van der Waals surface area contributed by atoms with Gasteiger partial charge >= 0.3 is 0 Å². The molecule has 0 aliphatic heterocycles. The number of carbonyl (C=O) groups is 2. The number of benzene rings is 1. The number of primary amides is 1. The van der Waals surface area contributed by atoms with E-state index in [1.165, 1.54) is 23.0 Å². The molecule has 4 aromatic heterocycles. The molecule has 2 amide bonds. The highest BCUT2D eigenvalue weighted by Crippen LogP contribution is 2.43. The van der Waals surface area contributed by atoms with Crippen LogP contribution in [-0.4, -0.2) is 36.4 Å². The van der Waals surface area contributed by atoms with E-state index in [-0.39, 0.29) is 27.8 Å². The SMILES string of the molecule is Cc1c(-c2cc(C(F)F)nc3sc(C(N)=O)c(NC(=O)c4ccn(COc5ccc(Cl)cc5Br)n4)c23)cnn1C. The smallest absolute Gasteiger partial charge is 0.280 e. The fourth-order valence-electron chi connectivity index (χ4n) is 3.96. The van der Waals surface area contributed by atoms with E-state index in [4.69, 9.17) is 22.1 Å². The number of aromatic nitrogens is 5. The Morgan fingerprint density at radius 1 is 1.25 bits per heavy atom. The molecule has 1 aromatic carbocycles. The number of ether oxygens (including phenoxy) is 1. The largest absolute Gasteiger partial charge is 0.470 e. The minimum atomic E-state index is -2.86. The van der Waals surface area contributed by atoms with Crippen LogP contribution in [0.25, 0.3) is 21.3 Å². The Balaban J connectivity index is 1.50. The molecule has 0 aliphatic rings. The number of amides is 2. The number of alkyl halides is 2. The van der Waals surface area contributed by atoms with E-state index in [2.05, 4.69) is 36.4 Å². The number of halogens is 4. The molecule has 3 N–H and O–H groups in total. The second-order valence-corrected chi connectivity index (χ2v) is 10.8. The van der Waals surface area contributed by atoms with Gasteiger partial charge in [-0.1, -0.05) is 11.6 Å². The number of nitrogens with one attached hydrogen (secondary N) is 1. The number of thiophene rings is 1. The van der Waals surface area contributed by atoms with Crippen LogP contribution >= 0.6 is 38.9 Å². The first kappa shape index (κ1) is 27.7. The lowest BCUT2D eigenvalue weighted by Crippen LogP contribution is -2.18. The van der Waals surface area contributed by atoms with Crippen molar-refractivity contribution in [1.82, 2.24) is 24.5 Å². The van der Waals surface area contributed by atoms with E-state index in [9.17, 15) is 18.4 Å². The molecule has 0 fully saturated rings. The zero-order valence-electron chi connectivity index (χ0n) is 20.8. The summed E-state index contributed by atoms with van der Waals surface area (Å²) in [5.74, 6) is -0.978. The third-order valence-electron chi connectivity index (χ3n) is 6.01. The molecule has 0 spiro atoms. The second kappa shape index (κ2) is 10.9. The van der Waals surface area contributed by atoms with Crippen LogP contribution < -0.4 is 15.8 Å². The molecule has 0 saturated heterocycles. The first-order valence-corrected chi connectivity index (χ1v) is 13.5. The summed E-state index contributed by atoms with van der Waals surface area (Å²) in [6, 6.07) is 7.73. The summed E-state index contributed by atoms with van der Waals surface area (Å²) in [6.07, 6.45) is 0.199. The molecule has 0 unspecified atom stereocenters. The summed E-state index contributed by atoms with van der Waals surface area (Å²) in [4.78, 5) is 29.7. The van der Waals surface area contributed by atoms with Crippen molar-refractivity contribution in [2.45, 2.75) is 20.1 Å². The highest BCUT2D eigenvalue weighted by Gasteiger charge is 2.26. The summed E-state index contributed by atoms with van der Waals surface area (Å²) in [5, 5.41) is 12.0. The summed E-state index contributed by atoms with van der Waals surface area (Å²) in [7, 11) is 1.71.